The number of hydrogen-bond donors (Lipinski definition) is 1. The minimum absolute atomic E-state index is 0.123. The van der Waals surface area contributed by atoms with Crippen molar-refractivity contribution in [2.75, 3.05) is 18.5 Å². The average Bonchev–Trinajstić information content (AvgIpc) is 2.80. The lowest BCUT2D eigenvalue weighted by atomic mass is 10.2. The molecule has 1 aromatic rings. The number of nitrogens with zero attached hydrogens (tertiary/aromatic N) is 3. The van der Waals surface area contributed by atoms with E-state index in [0.717, 1.165) is 11.3 Å². The van der Waals surface area contributed by atoms with Crippen molar-refractivity contribution in [1.29, 1.82) is 0 Å². The maximum Gasteiger partial charge on any atom is 0.272 e. The zero-order chi connectivity index (χ0) is 14.9. The second-order valence-corrected chi connectivity index (χ2v) is 7.53. The van der Waals surface area contributed by atoms with Crippen molar-refractivity contribution in [3.63, 3.8) is 0 Å². The van der Waals surface area contributed by atoms with Crippen molar-refractivity contribution in [3.8, 4) is 0 Å². The highest BCUT2D eigenvalue weighted by Gasteiger charge is 2.37. The van der Waals surface area contributed by atoms with E-state index in [1.807, 2.05) is 6.92 Å². The Hall–Kier alpha value is -1.10. The molecule has 2 atom stereocenters. The van der Waals surface area contributed by atoms with Gasteiger partial charge >= 0.3 is 0 Å². The van der Waals surface area contributed by atoms with Gasteiger partial charge in [-0.3, -0.25) is 4.79 Å². The molecule has 10 heteroatoms. The van der Waals surface area contributed by atoms with E-state index >= 15 is 0 Å². The van der Waals surface area contributed by atoms with Gasteiger partial charge in [0, 0.05) is 19.5 Å². The Balaban J connectivity index is 2.25. The maximum absolute atomic E-state index is 12.5. The van der Waals surface area contributed by atoms with Crippen molar-refractivity contribution in [1.82, 2.24) is 14.5 Å². The smallest absolute Gasteiger partial charge is 0.272 e. The number of aromatic nitrogens is 2. The molecule has 0 bridgehead atoms. The van der Waals surface area contributed by atoms with Gasteiger partial charge in [-0.1, -0.05) is 11.3 Å². The van der Waals surface area contributed by atoms with Crippen LogP contribution in [-0.2, 0) is 19.6 Å². The third kappa shape index (κ3) is 2.97. The highest BCUT2D eigenvalue weighted by Crippen LogP contribution is 2.27. The number of carbonyl (C=O) groups excluding carboxylic acids is 1. The van der Waals surface area contributed by atoms with Gasteiger partial charge in [0.05, 0.1) is 12.7 Å². The van der Waals surface area contributed by atoms with E-state index in [1.165, 1.54) is 11.2 Å². The highest BCUT2D eigenvalue weighted by atomic mass is 32.2. The Kier molecular flexibility index (Phi) is 4.37. The molecule has 8 nitrogen and oxygen atoms in total. The third-order valence-corrected chi connectivity index (χ3v) is 6.22. The van der Waals surface area contributed by atoms with Crippen LogP contribution in [0, 0.1) is 0 Å². The van der Waals surface area contributed by atoms with E-state index in [2.05, 4.69) is 15.5 Å². The van der Waals surface area contributed by atoms with Crippen LogP contribution in [-0.4, -0.2) is 54.1 Å². The van der Waals surface area contributed by atoms with E-state index < -0.39 is 10.0 Å². The first-order valence-corrected chi connectivity index (χ1v) is 8.32. The first-order valence-electron chi connectivity index (χ1n) is 6.07. The lowest BCUT2D eigenvalue weighted by Gasteiger charge is -2.35. The fourth-order valence-corrected chi connectivity index (χ4v) is 4.60. The summed E-state index contributed by atoms with van der Waals surface area (Å²) in [6.07, 6.45) is -0.179. The van der Waals surface area contributed by atoms with E-state index in [-0.39, 0.29) is 34.1 Å². The van der Waals surface area contributed by atoms with E-state index in [0.29, 0.717) is 6.61 Å². The van der Waals surface area contributed by atoms with Crippen molar-refractivity contribution in [2.24, 2.45) is 0 Å². The summed E-state index contributed by atoms with van der Waals surface area (Å²) in [4.78, 5) is 10.9. The van der Waals surface area contributed by atoms with Gasteiger partial charge in [-0.05, 0) is 13.8 Å². The maximum atomic E-state index is 12.5. The zero-order valence-electron chi connectivity index (χ0n) is 11.4. The predicted octanol–water partition coefficient (Wildman–Crippen LogP) is 0.294. The number of hydrogen-bond acceptors (Lipinski definition) is 7. The number of anilines is 1. The molecule has 2 heterocycles. The molecule has 1 amide bonds. The summed E-state index contributed by atoms with van der Waals surface area (Å²) >= 11 is 0.840. The minimum Gasteiger partial charge on any atom is -0.375 e. The first kappa shape index (κ1) is 15.3. The largest absolute Gasteiger partial charge is 0.375 e. The number of morpholine rings is 1. The molecule has 1 saturated heterocycles. The summed E-state index contributed by atoms with van der Waals surface area (Å²) in [5, 5.41) is 9.91. The van der Waals surface area contributed by atoms with Crippen LogP contribution in [0.25, 0.3) is 0 Å². The molecule has 0 radical (unpaired) electrons. The molecular formula is C10H16N4O4S2. The number of carbonyl (C=O) groups is 1. The zero-order valence-corrected chi connectivity index (χ0v) is 13.0. The SMILES string of the molecule is CC(=O)Nc1nnc(S(=O)(=O)N2CCOC(C)C2C)s1. The molecule has 112 valence electrons. The molecular weight excluding hydrogens is 304 g/mol. The standard InChI is InChI=1S/C10H16N4O4S2/c1-6-7(2)18-5-4-14(6)20(16,17)10-13-12-9(19-10)11-8(3)15/h6-7H,4-5H2,1-3H3,(H,11,12,15). The molecule has 1 aliphatic heterocycles. The Morgan fingerprint density at radius 1 is 1.45 bits per heavy atom. The summed E-state index contributed by atoms with van der Waals surface area (Å²) in [6.45, 7) is 5.57. The van der Waals surface area contributed by atoms with Crippen molar-refractivity contribution >= 4 is 32.4 Å². The lowest BCUT2D eigenvalue weighted by Crippen LogP contribution is -2.51. The van der Waals surface area contributed by atoms with Crippen LogP contribution in [0.1, 0.15) is 20.8 Å². The van der Waals surface area contributed by atoms with Gasteiger partial charge in [0.15, 0.2) is 0 Å². The second kappa shape index (κ2) is 5.72. The van der Waals surface area contributed by atoms with E-state index in [1.54, 1.807) is 6.92 Å². The Morgan fingerprint density at radius 2 is 2.15 bits per heavy atom. The molecule has 1 N–H and O–H groups in total. The Labute approximate surface area is 121 Å². The fourth-order valence-electron chi connectivity index (χ4n) is 1.86. The van der Waals surface area contributed by atoms with Crippen LogP contribution < -0.4 is 5.32 Å². The van der Waals surface area contributed by atoms with Gasteiger partial charge in [0.2, 0.25) is 15.4 Å². The third-order valence-electron chi connectivity index (χ3n) is 3.04. The summed E-state index contributed by atoms with van der Waals surface area (Å²) in [5.74, 6) is -0.321. The van der Waals surface area contributed by atoms with Crippen molar-refractivity contribution in [2.45, 2.75) is 37.3 Å². The molecule has 1 aromatic heterocycles. The van der Waals surface area contributed by atoms with Gasteiger partial charge in [-0.25, -0.2) is 8.42 Å². The first-order chi connectivity index (χ1) is 9.32. The number of ether oxygens (including phenoxy) is 1. The van der Waals surface area contributed by atoms with Crippen molar-refractivity contribution < 1.29 is 17.9 Å². The molecule has 2 unspecified atom stereocenters. The highest BCUT2D eigenvalue weighted by molar-refractivity contribution is 7.91. The molecule has 0 aliphatic carbocycles. The van der Waals surface area contributed by atoms with Crippen LogP contribution in [0.2, 0.25) is 0 Å². The normalized spacial score (nSPS) is 24.6. The van der Waals surface area contributed by atoms with Gasteiger partial charge in [-0.2, -0.15) is 4.31 Å². The van der Waals surface area contributed by atoms with Crippen LogP contribution in [0.15, 0.2) is 4.34 Å². The molecule has 20 heavy (non-hydrogen) atoms. The van der Waals surface area contributed by atoms with Crippen LogP contribution in [0.3, 0.4) is 0 Å². The number of amides is 1. The molecule has 0 spiro atoms. The molecule has 1 fully saturated rings. The predicted molar refractivity (Wildman–Crippen MR) is 73.0 cm³/mol. The second-order valence-electron chi connectivity index (χ2n) is 4.49. The Morgan fingerprint density at radius 3 is 2.80 bits per heavy atom. The fraction of sp³-hybridized carbons (Fsp3) is 0.700. The summed E-state index contributed by atoms with van der Waals surface area (Å²) in [7, 11) is -3.71. The summed E-state index contributed by atoms with van der Waals surface area (Å²) in [5.41, 5.74) is 0. The molecule has 0 aromatic carbocycles. The average molecular weight is 320 g/mol. The minimum atomic E-state index is -3.71. The summed E-state index contributed by atoms with van der Waals surface area (Å²) in [6, 6.07) is -0.276. The molecule has 1 aliphatic rings. The number of sulfonamides is 1. The Bertz CT molecular complexity index is 600. The van der Waals surface area contributed by atoms with Crippen LogP contribution >= 0.6 is 11.3 Å². The van der Waals surface area contributed by atoms with Gasteiger partial charge < -0.3 is 10.1 Å². The van der Waals surface area contributed by atoms with E-state index in [4.69, 9.17) is 4.74 Å². The number of nitrogens with one attached hydrogen (secondary N) is 1. The number of rotatable bonds is 3. The van der Waals surface area contributed by atoms with E-state index in [9.17, 15) is 13.2 Å². The van der Waals surface area contributed by atoms with Crippen LogP contribution in [0.4, 0.5) is 5.13 Å². The van der Waals surface area contributed by atoms with Crippen molar-refractivity contribution in [3.05, 3.63) is 0 Å². The van der Waals surface area contributed by atoms with Crippen LogP contribution in [0.5, 0.6) is 0 Å². The molecule has 2 rings (SSSR count). The van der Waals surface area contributed by atoms with Gasteiger partial charge in [-0.15, -0.1) is 10.2 Å². The molecule has 0 saturated carbocycles. The topological polar surface area (TPSA) is 101 Å². The van der Waals surface area contributed by atoms with Gasteiger partial charge in [0.1, 0.15) is 0 Å². The lowest BCUT2D eigenvalue weighted by molar-refractivity contribution is -0.114. The van der Waals surface area contributed by atoms with Gasteiger partial charge in [0.25, 0.3) is 10.0 Å². The quantitative estimate of drug-likeness (QED) is 0.804. The monoisotopic (exact) mass is 320 g/mol. The summed E-state index contributed by atoms with van der Waals surface area (Å²) < 4.78 is 31.7.